The molecule has 2 aliphatic rings. The van der Waals surface area contributed by atoms with Crippen molar-refractivity contribution in [2.45, 2.75) is 26.2 Å². The molecular weight excluding hydrogens is 287 g/mol. The van der Waals surface area contributed by atoms with Crippen LogP contribution in [0.3, 0.4) is 0 Å². The molecule has 0 aliphatic heterocycles. The predicted octanol–water partition coefficient (Wildman–Crippen LogP) is 3.91. The summed E-state index contributed by atoms with van der Waals surface area (Å²) in [6.07, 6.45) is 21.0. The molecule has 2 rings (SSSR count). The fourth-order valence-corrected chi connectivity index (χ4v) is 0.680. The normalized spacial score (nSPS) is 12.3. The molecule has 2 aliphatic carbocycles. The maximum atomic E-state index is 3.49. The fourth-order valence-electron chi connectivity index (χ4n) is 0.680. The monoisotopic (exact) mass is 306 g/mol. The van der Waals surface area contributed by atoms with Crippen molar-refractivity contribution in [2.24, 2.45) is 0 Å². The molecule has 0 atom stereocenters. The summed E-state index contributed by atoms with van der Waals surface area (Å²) >= 11 is 1.36. The van der Waals surface area contributed by atoms with Crippen LogP contribution in [0.5, 0.6) is 0 Å². The fraction of sp³-hybridized carbons (Fsp3) is 0.286. The third-order valence-electron chi connectivity index (χ3n) is 1.17. The van der Waals surface area contributed by atoms with Crippen molar-refractivity contribution in [3.05, 3.63) is 63.0 Å². The Hall–Kier alpha value is 0.0600. The van der Waals surface area contributed by atoms with Crippen LogP contribution >= 0.6 is 0 Å². The third kappa shape index (κ3) is 23.7. The van der Waals surface area contributed by atoms with E-state index < -0.39 is 0 Å². The summed E-state index contributed by atoms with van der Waals surface area (Å²) in [5, 5.41) is 0. The van der Waals surface area contributed by atoms with Gasteiger partial charge in [0.2, 0.25) is 0 Å². The van der Waals surface area contributed by atoms with Crippen molar-refractivity contribution >= 4 is 6.88 Å². The van der Waals surface area contributed by atoms with Gasteiger partial charge in [0, 0.05) is 0 Å². The molecule has 0 bridgehead atoms. The number of hydrogen-bond acceptors (Lipinski definition) is 0. The molecule has 16 heavy (non-hydrogen) atoms. The van der Waals surface area contributed by atoms with Gasteiger partial charge in [0.25, 0.3) is 0 Å². The molecule has 2 heteroatoms. The van der Waals surface area contributed by atoms with Crippen molar-refractivity contribution in [1.29, 1.82) is 0 Å². The van der Waals surface area contributed by atoms with E-state index in [1.807, 2.05) is 31.2 Å². The van der Waals surface area contributed by atoms with E-state index in [1.165, 1.54) is 23.3 Å². The van der Waals surface area contributed by atoms with Crippen LogP contribution in [0.15, 0.2) is 36.5 Å². The van der Waals surface area contributed by atoms with E-state index in [-0.39, 0.29) is 7.43 Å². The first kappa shape index (κ1) is 21.4. The van der Waals surface area contributed by atoms with E-state index in [9.17, 15) is 0 Å². The van der Waals surface area contributed by atoms with Gasteiger partial charge in [0.05, 0.1) is 0 Å². The zero-order valence-electron chi connectivity index (χ0n) is 10.3. The molecule has 0 heterocycles. The molecule has 0 unspecified atom stereocenters. The summed E-state index contributed by atoms with van der Waals surface area (Å²) < 4.78 is 0. The second-order valence-electron chi connectivity index (χ2n) is 2.51. The molecule has 88 valence electrons. The third-order valence-corrected chi connectivity index (χ3v) is 1.17. The molecule has 0 aromatic carbocycles. The average Bonchev–Trinajstić information content (AvgIpc) is 3.01. The first-order valence-electron chi connectivity index (χ1n) is 4.89. The molecule has 0 fully saturated rings. The Kier molecular flexibility index (Phi) is 32.5. The van der Waals surface area contributed by atoms with Crippen LogP contribution in [0.2, 0.25) is 0 Å². The van der Waals surface area contributed by atoms with Gasteiger partial charge in [0.1, 0.15) is 0 Å². The van der Waals surface area contributed by atoms with E-state index in [0.29, 0.717) is 0 Å². The van der Waals surface area contributed by atoms with Gasteiger partial charge in [-0.05, 0) is 0 Å². The summed E-state index contributed by atoms with van der Waals surface area (Å²) in [7, 11) is 0. The van der Waals surface area contributed by atoms with E-state index in [2.05, 4.69) is 38.1 Å². The summed E-state index contributed by atoms with van der Waals surface area (Å²) in [5.41, 5.74) is 0. The topological polar surface area (TPSA) is 0 Å². The van der Waals surface area contributed by atoms with Crippen LogP contribution in [0.1, 0.15) is 26.2 Å². The Bertz CT molecular complexity index is 173. The number of allylic oxidation sites excluding steroid dienone is 8. The molecule has 0 saturated carbocycles. The van der Waals surface area contributed by atoms with Gasteiger partial charge in [0.15, 0.2) is 0 Å². The molecule has 0 amide bonds. The van der Waals surface area contributed by atoms with Gasteiger partial charge in [-0.3, -0.25) is 12.2 Å². The van der Waals surface area contributed by atoms with Gasteiger partial charge >= 0.3 is 30.2 Å². The molecule has 2 radical (unpaired) electrons. The van der Waals surface area contributed by atoms with Crippen molar-refractivity contribution in [2.75, 3.05) is 0 Å². The van der Waals surface area contributed by atoms with Gasteiger partial charge in [-0.15, -0.1) is 12.8 Å². The van der Waals surface area contributed by atoms with E-state index in [0.717, 1.165) is 19.3 Å². The van der Waals surface area contributed by atoms with Crippen LogP contribution in [0.25, 0.3) is 0 Å². The quantitative estimate of drug-likeness (QED) is 0.470. The molecule has 0 spiro atoms. The van der Waals surface area contributed by atoms with Crippen LogP contribution in [0, 0.1) is 26.5 Å². The van der Waals surface area contributed by atoms with Crippen LogP contribution < -0.4 is 0 Å². The summed E-state index contributed by atoms with van der Waals surface area (Å²) in [6, 6.07) is 0. The molecule has 0 nitrogen and oxygen atoms in total. The second-order valence-corrected chi connectivity index (χ2v) is 2.51. The summed E-state index contributed by atoms with van der Waals surface area (Å²) in [4.78, 5) is 0. The Morgan fingerprint density at radius 3 is 1.50 bits per heavy atom. The summed E-state index contributed by atoms with van der Waals surface area (Å²) in [5.74, 6) is 0. The Morgan fingerprint density at radius 2 is 1.44 bits per heavy atom. The van der Waals surface area contributed by atoms with Crippen LogP contribution in [0.4, 0.5) is 0 Å². The second kappa shape index (κ2) is 24.3. The van der Waals surface area contributed by atoms with Crippen molar-refractivity contribution in [3.63, 3.8) is 0 Å². The van der Waals surface area contributed by atoms with Crippen molar-refractivity contribution in [3.8, 4) is 0 Å². The molecule has 0 saturated heterocycles. The zero-order valence-corrected chi connectivity index (χ0v) is 13.8. The Morgan fingerprint density at radius 1 is 1.12 bits per heavy atom. The van der Waals surface area contributed by atoms with E-state index >= 15 is 0 Å². The average molecular weight is 308 g/mol. The minimum atomic E-state index is 0. The molecule has 0 aromatic heterocycles. The first-order chi connectivity index (χ1) is 7.41. The number of hydrogen-bond donors (Lipinski definition) is 0. The number of rotatable bonds is 0. The van der Waals surface area contributed by atoms with Gasteiger partial charge in [-0.2, -0.15) is 18.6 Å². The van der Waals surface area contributed by atoms with Gasteiger partial charge in [-0.1, -0.05) is 6.92 Å². The standard InChI is InChI=1S/2C5H5.C3H7.CH3.Si.Zr/c2*1-2-4-5-3-1;1-3-2;;;/h2*1-3H,4H2;1,3H2,2H3;1H3;;/q4*-1;;. The van der Waals surface area contributed by atoms with Crippen molar-refractivity contribution in [1.82, 2.24) is 0 Å². The summed E-state index contributed by atoms with van der Waals surface area (Å²) in [6.45, 7) is 8.56. The van der Waals surface area contributed by atoms with Crippen molar-refractivity contribution < 1.29 is 23.3 Å². The SMILES string of the molecule is [C-]1=CC=CC1.[C-]1=CC=CC1.[CH2-]CC.[CH3-].[Si]=[Zr]. The zero-order chi connectivity index (χ0) is 11.8. The molecular formula is C14H20SiZr-4. The Labute approximate surface area is 119 Å². The van der Waals surface area contributed by atoms with E-state index in [4.69, 9.17) is 0 Å². The van der Waals surface area contributed by atoms with Crippen LogP contribution in [-0.4, -0.2) is 6.88 Å². The first-order valence-corrected chi connectivity index (χ1v) is 9.08. The predicted molar refractivity (Wildman–Crippen MR) is 71.0 cm³/mol. The Balaban J connectivity index is -0.000000147. The van der Waals surface area contributed by atoms with Gasteiger partial charge < -0.3 is 14.4 Å². The minimum absolute atomic E-state index is 0. The molecule has 0 aromatic rings. The maximum absolute atomic E-state index is 3.49. The van der Waals surface area contributed by atoms with Crippen LogP contribution in [-0.2, 0) is 23.3 Å². The van der Waals surface area contributed by atoms with Gasteiger partial charge in [-0.25, -0.2) is 24.3 Å². The molecule has 0 N–H and O–H groups in total. The van der Waals surface area contributed by atoms with E-state index in [1.54, 1.807) is 0 Å².